The molecule has 2 unspecified atom stereocenters. The summed E-state index contributed by atoms with van der Waals surface area (Å²) in [5, 5.41) is 17.7. The lowest BCUT2D eigenvalue weighted by molar-refractivity contribution is -0.268. The Labute approximate surface area is 186 Å². The van der Waals surface area contributed by atoms with E-state index in [0.29, 0.717) is 28.4 Å². The van der Waals surface area contributed by atoms with E-state index in [0.717, 1.165) is 28.0 Å². The van der Waals surface area contributed by atoms with Gasteiger partial charge in [-0.05, 0) is 43.5 Å². The molecule has 2 aromatic carbocycles. The lowest BCUT2D eigenvalue weighted by atomic mass is 9.77. The Morgan fingerprint density at radius 1 is 1.19 bits per heavy atom. The van der Waals surface area contributed by atoms with Gasteiger partial charge in [0.15, 0.2) is 0 Å². The third-order valence-electron chi connectivity index (χ3n) is 6.08. The summed E-state index contributed by atoms with van der Waals surface area (Å²) in [6.45, 7) is 1.95. The summed E-state index contributed by atoms with van der Waals surface area (Å²) in [4.78, 5) is 4.40. The number of aromatic nitrogens is 1. The van der Waals surface area contributed by atoms with Crippen molar-refractivity contribution in [1.29, 1.82) is 0 Å². The van der Waals surface area contributed by atoms with Crippen LogP contribution in [0.4, 0.5) is 18.3 Å². The van der Waals surface area contributed by atoms with E-state index in [9.17, 15) is 18.3 Å². The first-order valence-corrected chi connectivity index (χ1v) is 11.0. The minimum atomic E-state index is -4.93. The number of nitrogens with zero attached hydrogens (tertiary/aromatic N) is 3. The van der Waals surface area contributed by atoms with Crippen molar-refractivity contribution in [2.24, 2.45) is 11.0 Å². The number of ether oxygens (including phenoxy) is 1. The van der Waals surface area contributed by atoms with Gasteiger partial charge in [0.1, 0.15) is 5.75 Å². The predicted molar refractivity (Wildman–Crippen MR) is 117 cm³/mol. The zero-order valence-corrected chi connectivity index (χ0v) is 18.2. The number of hydrogen-bond donors (Lipinski definition) is 1. The van der Waals surface area contributed by atoms with Crippen LogP contribution < -0.4 is 9.75 Å². The molecule has 166 valence electrons. The molecule has 1 aromatic heterocycles. The molecule has 2 aliphatic rings. The van der Waals surface area contributed by atoms with Crippen LogP contribution in [0.25, 0.3) is 11.3 Å². The van der Waals surface area contributed by atoms with Crippen LogP contribution in [0.2, 0.25) is 0 Å². The average molecular weight is 459 g/mol. The second-order valence-electron chi connectivity index (χ2n) is 8.02. The van der Waals surface area contributed by atoms with Gasteiger partial charge in [0.05, 0.1) is 24.4 Å². The molecule has 0 spiro atoms. The molecular weight excluding hydrogens is 439 g/mol. The largest absolute Gasteiger partial charge is 0.497 e. The molecule has 0 amide bonds. The van der Waals surface area contributed by atoms with Gasteiger partial charge in [-0.15, -0.1) is 11.3 Å². The molecule has 0 saturated heterocycles. The molecule has 3 aromatic rings. The van der Waals surface area contributed by atoms with Crippen molar-refractivity contribution >= 4 is 22.2 Å². The Balaban J connectivity index is 1.60. The van der Waals surface area contributed by atoms with Crippen molar-refractivity contribution in [3.05, 3.63) is 64.5 Å². The van der Waals surface area contributed by atoms with Crippen molar-refractivity contribution in [1.82, 2.24) is 4.98 Å². The number of hydrazone groups is 1. The predicted octanol–water partition coefficient (Wildman–Crippen LogP) is 5.16. The molecule has 1 aliphatic carbocycles. The van der Waals surface area contributed by atoms with Gasteiger partial charge in [0.2, 0.25) is 5.13 Å². The van der Waals surface area contributed by atoms with Gasteiger partial charge < -0.3 is 9.84 Å². The van der Waals surface area contributed by atoms with Crippen molar-refractivity contribution < 1.29 is 23.0 Å². The zero-order chi connectivity index (χ0) is 22.7. The number of halogens is 3. The highest BCUT2D eigenvalue weighted by atomic mass is 32.1. The fraction of sp³-hybridized carbons (Fsp3) is 0.304. The Morgan fingerprint density at radius 3 is 2.62 bits per heavy atom. The summed E-state index contributed by atoms with van der Waals surface area (Å²) in [7, 11) is 1.54. The molecule has 1 aliphatic heterocycles. The summed E-state index contributed by atoms with van der Waals surface area (Å²) in [6, 6.07) is 12.8. The molecule has 5 nitrogen and oxygen atoms in total. The summed E-state index contributed by atoms with van der Waals surface area (Å²) in [5.74, 6) is -0.582. The molecule has 32 heavy (non-hydrogen) atoms. The Hall–Kier alpha value is -2.91. The van der Waals surface area contributed by atoms with E-state index in [-0.39, 0.29) is 17.3 Å². The smallest absolute Gasteiger partial charge is 0.439 e. The van der Waals surface area contributed by atoms with E-state index in [1.807, 2.05) is 37.3 Å². The number of aliphatic hydroxyl groups is 1. The van der Waals surface area contributed by atoms with Gasteiger partial charge in [-0.25, -0.2) is 4.98 Å². The van der Waals surface area contributed by atoms with Crippen LogP contribution in [0.5, 0.6) is 5.75 Å². The monoisotopic (exact) mass is 459 g/mol. The quantitative estimate of drug-likeness (QED) is 0.588. The van der Waals surface area contributed by atoms with Gasteiger partial charge in [-0.3, -0.25) is 0 Å². The van der Waals surface area contributed by atoms with Crippen LogP contribution >= 0.6 is 11.3 Å². The second kappa shape index (κ2) is 7.31. The van der Waals surface area contributed by atoms with E-state index in [1.165, 1.54) is 0 Å². The van der Waals surface area contributed by atoms with E-state index in [1.54, 1.807) is 24.6 Å². The fourth-order valence-corrected chi connectivity index (χ4v) is 5.19. The van der Waals surface area contributed by atoms with E-state index >= 15 is 0 Å². The molecule has 0 bridgehead atoms. The lowest BCUT2D eigenvalue weighted by Gasteiger charge is -2.38. The van der Waals surface area contributed by atoms with Crippen molar-refractivity contribution in [3.8, 4) is 17.0 Å². The van der Waals surface area contributed by atoms with Crippen LogP contribution in [0.3, 0.4) is 0 Å². The van der Waals surface area contributed by atoms with Crippen molar-refractivity contribution in [2.75, 3.05) is 12.1 Å². The topological polar surface area (TPSA) is 58.0 Å². The number of rotatable bonds is 3. The SMILES string of the molecule is COc1ccc2c(c1)CCC1C2=NN(c2nc(-c3ccc(C)cc3)cs2)C1(O)C(F)(F)F. The standard InChI is InChI=1S/C23H20F3N3O2S/c1-13-3-5-14(6-4-13)19-12-32-21(27-19)29-22(30,23(24,25)26)18-10-7-15-11-16(31-2)8-9-17(15)20(18)28-29/h3-6,8-9,11-12,18,30H,7,10H2,1-2H3. The third-order valence-corrected chi connectivity index (χ3v) is 6.89. The molecule has 2 atom stereocenters. The zero-order valence-electron chi connectivity index (χ0n) is 17.3. The highest BCUT2D eigenvalue weighted by Crippen LogP contribution is 2.51. The normalized spacial score (nSPS) is 22.4. The molecule has 2 heterocycles. The van der Waals surface area contributed by atoms with Crippen LogP contribution in [0.15, 0.2) is 52.9 Å². The maximum atomic E-state index is 14.3. The first-order valence-electron chi connectivity index (χ1n) is 10.1. The maximum Gasteiger partial charge on any atom is 0.439 e. The van der Waals surface area contributed by atoms with E-state index in [2.05, 4.69) is 10.1 Å². The average Bonchev–Trinajstić information content (AvgIpc) is 3.37. The number of fused-ring (bicyclic) bond motifs is 3. The van der Waals surface area contributed by atoms with E-state index in [4.69, 9.17) is 4.74 Å². The first kappa shape index (κ1) is 21.0. The van der Waals surface area contributed by atoms with Gasteiger partial charge in [0, 0.05) is 16.5 Å². The molecule has 0 radical (unpaired) electrons. The van der Waals surface area contributed by atoms with Gasteiger partial charge in [0.25, 0.3) is 5.72 Å². The minimum Gasteiger partial charge on any atom is -0.497 e. The number of methoxy groups -OCH3 is 1. The van der Waals surface area contributed by atoms with Crippen LogP contribution in [-0.4, -0.2) is 34.8 Å². The van der Waals surface area contributed by atoms with Gasteiger partial charge >= 0.3 is 6.18 Å². The third kappa shape index (κ3) is 3.10. The molecular formula is C23H20F3N3O2S. The van der Waals surface area contributed by atoms with E-state index < -0.39 is 17.8 Å². The number of alkyl halides is 3. The number of anilines is 1. The molecule has 9 heteroatoms. The van der Waals surface area contributed by atoms with Crippen LogP contribution in [-0.2, 0) is 6.42 Å². The van der Waals surface area contributed by atoms with Crippen LogP contribution in [0.1, 0.15) is 23.1 Å². The fourth-order valence-electron chi connectivity index (χ4n) is 4.35. The van der Waals surface area contributed by atoms with Gasteiger partial charge in [-0.1, -0.05) is 29.8 Å². The highest BCUT2D eigenvalue weighted by Gasteiger charge is 2.68. The molecule has 1 N–H and O–H groups in total. The second-order valence-corrected chi connectivity index (χ2v) is 8.85. The summed E-state index contributed by atoms with van der Waals surface area (Å²) >= 11 is 1.02. The Bertz CT molecular complexity index is 1210. The summed E-state index contributed by atoms with van der Waals surface area (Å²) in [6.07, 6.45) is -4.43. The minimum absolute atomic E-state index is 0.00244. The number of aryl methyl sites for hydroxylation is 2. The summed E-state index contributed by atoms with van der Waals surface area (Å²) in [5.41, 5.74) is 0.905. The molecule has 0 fully saturated rings. The van der Waals surface area contributed by atoms with Crippen molar-refractivity contribution in [3.63, 3.8) is 0 Å². The van der Waals surface area contributed by atoms with Crippen LogP contribution in [0, 0.1) is 12.8 Å². The Kier molecular flexibility index (Phi) is 4.79. The highest BCUT2D eigenvalue weighted by molar-refractivity contribution is 7.14. The summed E-state index contributed by atoms with van der Waals surface area (Å²) < 4.78 is 48.2. The molecule has 0 saturated carbocycles. The first-order chi connectivity index (χ1) is 15.2. The van der Waals surface area contributed by atoms with Gasteiger partial charge in [-0.2, -0.15) is 23.3 Å². The molecule has 5 rings (SSSR count). The number of hydrogen-bond acceptors (Lipinski definition) is 6. The number of thiazole rings is 1. The maximum absolute atomic E-state index is 14.3. The Morgan fingerprint density at radius 2 is 1.94 bits per heavy atom. The lowest BCUT2D eigenvalue weighted by Crippen LogP contribution is -2.60. The number of benzene rings is 2. The van der Waals surface area contributed by atoms with Crippen molar-refractivity contribution in [2.45, 2.75) is 31.7 Å².